The van der Waals surface area contributed by atoms with Crippen LogP contribution in [0.3, 0.4) is 0 Å². The minimum atomic E-state index is -0.761. The van der Waals surface area contributed by atoms with Gasteiger partial charge >= 0.3 is 0 Å². The van der Waals surface area contributed by atoms with Gasteiger partial charge in [-0.1, -0.05) is 6.07 Å². The van der Waals surface area contributed by atoms with Crippen molar-refractivity contribution in [2.75, 3.05) is 0 Å². The lowest BCUT2D eigenvalue weighted by Crippen LogP contribution is -2.25. The van der Waals surface area contributed by atoms with Crippen molar-refractivity contribution in [2.45, 2.75) is 13.8 Å². The highest BCUT2D eigenvalue weighted by molar-refractivity contribution is 5.46. The van der Waals surface area contributed by atoms with Crippen LogP contribution in [-0.2, 0) is 0 Å². The van der Waals surface area contributed by atoms with Crippen molar-refractivity contribution in [1.82, 2.24) is 14.0 Å². The third-order valence-corrected chi connectivity index (χ3v) is 3.43. The standard InChI is InChI=1S/C15H12FN3O2/c1-9-3-4-11(7-10(9)2)19-14(21)8-12(16)18-6-5-13(20)17-15(18)19/h3-8H,1-2H3. The van der Waals surface area contributed by atoms with Gasteiger partial charge in [0.25, 0.3) is 11.1 Å². The predicted molar refractivity (Wildman–Crippen MR) is 76.5 cm³/mol. The van der Waals surface area contributed by atoms with E-state index >= 15 is 0 Å². The van der Waals surface area contributed by atoms with Crippen molar-refractivity contribution in [3.63, 3.8) is 0 Å². The van der Waals surface area contributed by atoms with Gasteiger partial charge in [0.1, 0.15) is 0 Å². The van der Waals surface area contributed by atoms with E-state index < -0.39 is 17.1 Å². The monoisotopic (exact) mass is 285 g/mol. The lowest BCUT2D eigenvalue weighted by Gasteiger charge is -2.11. The molecule has 0 amide bonds. The number of aromatic nitrogens is 3. The maximum absolute atomic E-state index is 13.8. The van der Waals surface area contributed by atoms with E-state index in [-0.39, 0.29) is 5.78 Å². The summed E-state index contributed by atoms with van der Waals surface area (Å²) in [6, 6.07) is 7.41. The van der Waals surface area contributed by atoms with E-state index in [1.54, 1.807) is 12.1 Å². The van der Waals surface area contributed by atoms with Crippen LogP contribution in [0.15, 0.2) is 46.1 Å². The van der Waals surface area contributed by atoms with Crippen molar-refractivity contribution >= 4 is 5.78 Å². The molecule has 0 atom stereocenters. The molecule has 0 radical (unpaired) electrons. The lowest BCUT2D eigenvalue weighted by molar-refractivity contribution is 0.553. The topological polar surface area (TPSA) is 56.4 Å². The summed E-state index contributed by atoms with van der Waals surface area (Å²) in [5, 5.41) is 0. The molecule has 2 aromatic heterocycles. The molecular formula is C15H12FN3O2. The summed E-state index contributed by atoms with van der Waals surface area (Å²) in [5.74, 6) is -0.807. The first-order valence-corrected chi connectivity index (χ1v) is 6.36. The van der Waals surface area contributed by atoms with Crippen LogP contribution >= 0.6 is 0 Å². The van der Waals surface area contributed by atoms with Crippen molar-refractivity contribution in [1.29, 1.82) is 0 Å². The molecule has 0 saturated heterocycles. The number of rotatable bonds is 1. The van der Waals surface area contributed by atoms with Crippen molar-refractivity contribution in [2.24, 2.45) is 0 Å². The Morgan fingerprint density at radius 3 is 2.52 bits per heavy atom. The molecule has 0 aliphatic rings. The zero-order chi connectivity index (χ0) is 15.1. The molecule has 0 spiro atoms. The Labute approximate surface area is 118 Å². The first kappa shape index (κ1) is 13.2. The Bertz CT molecular complexity index is 973. The summed E-state index contributed by atoms with van der Waals surface area (Å²) < 4.78 is 16.1. The van der Waals surface area contributed by atoms with Gasteiger partial charge in [0.05, 0.1) is 11.8 Å². The minimum Gasteiger partial charge on any atom is -0.269 e. The molecule has 3 rings (SSSR count). The summed E-state index contributed by atoms with van der Waals surface area (Å²) in [5.41, 5.74) is 1.49. The Morgan fingerprint density at radius 2 is 1.81 bits per heavy atom. The zero-order valence-corrected chi connectivity index (χ0v) is 11.5. The fourth-order valence-electron chi connectivity index (χ4n) is 2.16. The van der Waals surface area contributed by atoms with Gasteiger partial charge in [-0.05, 0) is 37.1 Å². The Morgan fingerprint density at radius 1 is 1.05 bits per heavy atom. The van der Waals surface area contributed by atoms with Crippen LogP contribution in [0.25, 0.3) is 11.5 Å². The second kappa shape index (κ2) is 4.66. The van der Waals surface area contributed by atoms with Crippen LogP contribution < -0.4 is 11.1 Å². The predicted octanol–water partition coefficient (Wildman–Crippen LogP) is 1.60. The van der Waals surface area contributed by atoms with E-state index in [1.165, 1.54) is 10.8 Å². The first-order valence-electron chi connectivity index (χ1n) is 6.36. The Hall–Kier alpha value is -2.76. The van der Waals surface area contributed by atoms with Gasteiger partial charge < -0.3 is 0 Å². The molecule has 106 valence electrons. The summed E-state index contributed by atoms with van der Waals surface area (Å²) in [7, 11) is 0. The van der Waals surface area contributed by atoms with Crippen LogP contribution in [0.1, 0.15) is 11.1 Å². The number of hydrogen-bond acceptors (Lipinski definition) is 3. The van der Waals surface area contributed by atoms with Gasteiger partial charge in [-0.2, -0.15) is 9.37 Å². The number of halogens is 1. The molecule has 6 heteroatoms. The van der Waals surface area contributed by atoms with E-state index in [0.29, 0.717) is 5.69 Å². The fraction of sp³-hybridized carbons (Fsp3) is 0.133. The maximum atomic E-state index is 13.8. The average molecular weight is 285 g/mol. The zero-order valence-electron chi connectivity index (χ0n) is 11.5. The molecule has 0 unspecified atom stereocenters. The molecular weight excluding hydrogens is 273 g/mol. The highest BCUT2D eigenvalue weighted by Gasteiger charge is 2.11. The number of nitrogens with zero attached hydrogens (tertiary/aromatic N) is 3. The molecule has 21 heavy (non-hydrogen) atoms. The van der Waals surface area contributed by atoms with E-state index in [2.05, 4.69) is 4.98 Å². The minimum absolute atomic E-state index is 0.0456. The molecule has 0 aliphatic carbocycles. The van der Waals surface area contributed by atoms with Crippen LogP contribution in [0.5, 0.6) is 0 Å². The SMILES string of the molecule is Cc1ccc(-n2c(=O)cc(F)n3ccc(=O)nc23)cc1C. The molecule has 0 N–H and O–H groups in total. The lowest BCUT2D eigenvalue weighted by atomic mass is 10.1. The van der Waals surface area contributed by atoms with Crippen LogP contribution in [-0.4, -0.2) is 14.0 Å². The average Bonchev–Trinajstić information content (AvgIpc) is 2.42. The second-order valence-corrected chi connectivity index (χ2v) is 4.85. The Kier molecular flexibility index (Phi) is 2.94. The largest absolute Gasteiger partial charge is 0.274 e. The molecule has 2 heterocycles. The van der Waals surface area contributed by atoms with Crippen molar-refractivity contribution < 1.29 is 4.39 Å². The number of hydrogen-bond donors (Lipinski definition) is 0. The van der Waals surface area contributed by atoms with E-state index in [0.717, 1.165) is 27.7 Å². The van der Waals surface area contributed by atoms with E-state index in [9.17, 15) is 14.0 Å². The van der Waals surface area contributed by atoms with Gasteiger partial charge in [0.15, 0.2) is 0 Å². The van der Waals surface area contributed by atoms with E-state index in [4.69, 9.17) is 0 Å². The summed E-state index contributed by atoms with van der Waals surface area (Å²) in [4.78, 5) is 27.3. The summed E-state index contributed by atoms with van der Waals surface area (Å²) >= 11 is 0. The smallest absolute Gasteiger partial charge is 0.269 e. The normalized spacial score (nSPS) is 11.0. The van der Waals surface area contributed by atoms with E-state index in [1.807, 2.05) is 19.9 Å². The van der Waals surface area contributed by atoms with Gasteiger partial charge in [-0.3, -0.25) is 14.0 Å². The highest BCUT2D eigenvalue weighted by Crippen LogP contribution is 2.14. The van der Waals surface area contributed by atoms with Crippen molar-refractivity contribution in [3.05, 3.63) is 74.3 Å². The fourth-order valence-corrected chi connectivity index (χ4v) is 2.16. The van der Waals surface area contributed by atoms with Crippen LogP contribution in [0.4, 0.5) is 4.39 Å². The molecule has 3 aromatic rings. The molecule has 0 saturated carbocycles. The number of benzene rings is 1. The van der Waals surface area contributed by atoms with Gasteiger partial charge in [0.2, 0.25) is 11.7 Å². The number of aryl methyl sites for hydroxylation is 2. The molecule has 0 bridgehead atoms. The maximum Gasteiger partial charge on any atom is 0.274 e. The molecule has 0 fully saturated rings. The second-order valence-electron chi connectivity index (χ2n) is 4.85. The first-order chi connectivity index (χ1) is 9.97. The van der Waals surface area contributed by atoms with Crippen LogP contribution in [0.2, 0.25) is 0 Å². The molecule has 5 nitrogen and oxygen atoms in total. The highest BCUT2D eigenvalue weighted by atomic mass is 19.1. The number of fused-ring (bicyclic) bond motifs is 1. The molecule has 1 aromatic carbocycles. The molecule has 0 aliphatic heterocycles. The Balaban J connectivity index is 2.46. The van der Waals surface area contributed by atoms with Crippen molar-refractivity contribution in [3.8, 4) is 5.69 Å². The third kappa shape index (κ3) is 2.14. The third-order valence-electron chi connectivity index (χ3n) is 3.43. The van der Waals surface area contributed by atoms with Crippen LogP contribution in [0, 0.1) is 19.8 Å². The quantitative estimate of drug-likeness (QED) is 0.638. The van der Waals surface area contributed by atoms with Gasteiger partial charge in [0, 0.05) is 12.3 Å². The summed E-state index contributed by atoms with van der Waals surface area (Å²) in [6.07, 6.45) is 1.26. The van der Waals surface area contributed by atoms with Gasteiger partial charge in [-0.15, -0.1) is 0 Å². The summed E-state index contributed by atoms with van der Waals surface area (Å²) in [6.45, 7) is 3.86. The van der Waals surface area contributed by atoms with Gasteiger partial charge in [-0.25, -0.2) is 4.57 Å².